The molecule has 0 aromatic carbocycles. The lowest BCUT2D eigenvalue weighted by atomic mass is 9.94. The van der Waals surface area contributed by atoms with Crippen LogP contribution in [0.3, 0.4) is 0 Å². The van der Waals surface area contributed by atoms with Crippen LogP contribution in [0, 0.1) is 0 Å². The fraction of sp³-hybridized carbons (Fsp3) is 0.974. The van der Waals surface area contributed by atoms with Gasteiger partial charge in [0, 0.05) is 6.92 Å². The largest absolute Gasteiger partial charge is 0.397 e. The van der Waals surface area contributed by atoms with Crippen molar-refractivity contribution < 1.29 is 156 Å². The molecule has 0 unspecified atom stereocenters. The van der Waals surface area contributed by atoms with E-state index < -0.39 is 227 Å². The van der Waals surface area contributed by atoms with Gasteiger partial charge in [-0.1, -0.05) is 0 Å². The zero-order valence-electron chi connectivity index (χ0n) is 38.3. The summed E-state index contributed by atoms with van der Waals surface area (Å²) >= 11 is 0. The molecule has 0 spiro atoms. The molecule has 0 saturated carbocycles. The van der Waals surface area contributed by atoms with Gasteiger partial charge in [-0.15, -0.1) is 0 Å². The number of hydrogen-bond acceptors (Lipinski definition) is 31. The lowest BCUT2D eigenvalue weighted by molar-refractivity contribution is -0.421. The first-order chi connectivity index (χ1) is 33.8. The summed E-state index contributed by atoms with van der Waals surface area (Å²) in [6.07, 6.45) is -59.3. The maximum Gasteiger partial charge on any atom is 0.397 e. The summed E-state index contributed by atoms with van der Waals surface area (Å²) in [7, 11) is -5.52. The van der Waals surface area contributed by atoms with Gasteiger partial charge in [-0.2, -0.15) is 8.42 Å². The summed E-state index contributed by atoms with van der Waals surface area (Å²) in [5.41, 5.74) is 0. The Labute approximate surface area is 408 Å². The Kier molecular flexibility index (Phi) is 20.4. The van der Waals surface area contributed by atoms with Crippen molar-refractivity contribution in [3.63, 3.8) is 0 Å². The molecule has 34 heteroatoms. The van der Waals surface area contributed by atoms with E-state index in [1.54, 1.807) is 0 Å². The topological polar surface area (TPSA) is 518 Å². The second kappa shape index (κ2) is 24.7. The van der Waals surface area contributed by atoms with Crippen molar-refractivity contribution in [1.29, 1.82) is 0 Å². The maximum atomic E-state index is 12.4. The van der Waals surface area contributed by atoms with Gasteiger partial charge < -0.3 is 139 Å². The molecule has 6 aliphatic heterocycles. The van der Waals surface area contributed by atoms with Gasteiger partial charge in [0.2, 0.25) is 5.91 Å². The van der Waals surface area contributed by atoms with Crippen molar-refractivity contribution in [2.75, 3.05) is 26.4 Å². The van der Waals surface area contributed by atoms with Crippen LogP contribution in [-0.4, -0.2) is 311 Å². The Hall–Kier alpha value is -1.74. The fourth-order valence-electron chi connectivity index (χ4n) is 8.99. The molecule has 72 heavy (non-hydrogen) atoms. The monoisotopic (exact) mass is 1080 g/mol. The number of rotatable bonds is 17. The van der Waals surface area contributed by atoms with Crippen LogP contribution in [0.1, 0.15) is 20.8 Å². The Morgan fingerprint density at radius 1 is 0.431 bits per heavy atom. The first-order valence-corrected chi connectivity index (χ1v) is 23.9. The summed E-state index contributed by atoms with van der Waals surface area (Å²) in [5.74, 6) is -0.844. The molecule has 6 rings (SSSR count). The molecule has 1 amide bonds. The molecule has 30 atom stereocenters. The van der Waals surface area contributed by atoms with Gasteiger partial charge >= 0.3 is 10.4 Å². The molecule has 0 radical (unpaired) electrons. The van der Waals surface area contributed by atoms with Gasteiger partial charge in [-0.3, -0.25) is 9.35 Å². The maximum absolute atomic E-state index is 12.4. The van der Waals surface area contributed by atoms with E-state index in [2.05, 4.69) is 9.50 Å². The predicted octanol–water partition coefficient (Wildman–Crippen LogP) is -12.1. The number of ether oxygens (including phenoxy) is 11. The Morgan fingerprint density at radius 3 is 1.35 bits per heavy atom. The average Bonchev–Trinajstić information content (AvgIpc) is 3.32. The van der Waals surface area contributed by atoms with Crippen molar-refractivity contribution in [1.82, 2.24) is 5.32 Å². The lowest BCUT2D eigenvalue weighted by Crippen LogP contribution is -2.71. The third-order valence-electron chi connectivity index (χ3n) is 13.0. The smallest absolute Gasteiger partial charge is 0.394 e. The van der Waals surface area contributed by atoms with Gasteiger partial charge in [0.05, 0.1) is 38.6 Å². The van der Waals surface area contributed by atoms with E-state index in [4.69, 9.17) is 52.1 Å². The molecule has 18 N–H and O–H groups in total. The highest BCUT2D eigenvalue weighted by Gasteiger charge is 2.60. The number of carbonyl (C=O) groups is 1. The summed E-state index contributed by atoms with van der Waals surface area (Å²) in [5, 5.41) is 176. The number of carbonyl (C=O) groups excluding carboxylic acids is 1. The normalized spacial score (nSPS) is 50.6. The van der Waals surface area contributed by atoms with Crippen LogP contribution in [0.25, 0.3) is 0 Å². The summed E-state index contributed by atoms with van der Waals surface area (Å²) in [6.45, 7) is -0.993. The number of hydrogen-bond donors (Lipinski definition) is 18. The minimum absolute atomic E-state index is 0.844. The minimum Gasteiger partial charge on any atom is -0.394 e. The van der Waals surface area contributed by atoms with Crippen molar-refractivity contribution in [3.05, 3.63) is 0 Å². The quantitative estimate of drug-likeness (QED) is 0.0602. The summed E-state index contributed by atoms with van der Waals surface area (Å²) < 4.78 is 103. The first kappa shape index (κ1) is 59.5. The molecule has 6 heterocycles. The molecule has 6 aliphatic rings. The van der Waals surface area contributed by atoms with Crippen LogP contribution in [0.4, 0.5) is 0 Å². The van der Waals surface area contributed by atoms with Crippen molar-refractivity contribution in [3.8, 4) is 0 Å². The van der Waals surface area contributed by atoms with Crippen LogP contribution in [-0.2, 0) is 71.5 Å². The van der Waals surface area contributed by atoms with E-state index >= 15 is 0 Å². The van der Waals surface area contributed by atoms with Gasteiger partial charge in [0.25, 0.3) is 0 Å². The van der Waals surface area contributed by atoms with Crippen molar-refractivity contribution in [2.24, 2.45) is 0 Å². The number of nitrogens with one attached hydrogen (secondary N) is 1. The standard InChI is InChI=1S/C38H65NO32S/c1-8-16(45)21(50)24(53)34(60-8)68-30-23(52)18(47)11(4-40)64-37(30)69-31-27(66-36-26(55)29(71-72(57,58)59)20(49)13(6-42)63-36)14(7-43)65-38(32(31)70-35-25(54)22(51)17(46)9(2)61-35)67-28-15(39-10(3)44)33(56)62-12(5-41)19(28)48/h8-9,11-38,40-43,45-56H,4-7H2,1-3H3,(H,39,44)(H,57,58,59)/t8-,9-,11+,12+,13+,14+,15+,16+,17+,18-,19-,20-,21+,22+,23-,24-,25-,26+,27-,28+,29-,30+,31-,32+,33-,34-,35-,36-,37-,38-/m0/s1. The number of amides is 1. The minimum atomic E-state index is -5.52. The third-order valence-corrected chi connectivity index (χ3v) is 13.4. The summed E-state index contributed by atoms with van der Waals surface area (Å²) in [6, 6.07) is -1.76. The highest BCUT2D eigenvalue weighted by atomic mass is 32.3. The van der Waals surface area contributed by atoms with E-state index in [9.17, 15) is 99.5 Å². The molecule has 0 aromatic heterocycles. The van der Waals surface area contributed by atoms with Crippen LogP contribution in [0.15, 0.2) is 0 Å². The number of aliphatic hydroxyl groups excluding tert-OH is 16. The Bertz CT molecular complexity index is 1850. The van der Waals surface area contributed by atoms with Crippen molar-refractivity contribution >= 4 is 16.3 Å². The van der Waals surface area contributed by atoms with Gasteiger partial charge in [-0.25, -0.2) is 4.18 Å². The predicted molar refractivity (Wildman–Crippen MR) is 218 cm³/mol. The summed E-state index contributed by atoms with van der Waals surface area (Å²) in [4.78, 5) is 12.4. The fourth-order valence-corrected chi connectivity index (χ4v) is 9.50. The van der Waals surface area contributed by atoms with Crippen LogP contribution in [0.5, 0.6) is 0 Å². The van der Waals surface area contributed by atoms with Gasteiger partial charge in [0.1, 0.15) is 134 Å². The van der Waals surface area contributed by atoms with E-state index in [0.29, 0.717) is 0 Å². The molecule has 0 aliphatic carbocycles. The molecule has 6 saturated heterocycles. The molecule has 0 bridgehead atoms. The van der Waals surface area contributed by atoms with Crippen LogP contribution >= 0.6 is 0 Å². The molecule has 33 nitrogen and oxygen atoms in total. The van der Waals surface area contributed by atoms with E-state index in [-0.39, 0.29) is 0 Å². The second-order valence-electron chi connectivity index (χ2n) is 18.0. The van der Waals surface area contributed by atoms with Crippen LogP contribution in [0.2, 0.25) is 0 Å². The third kappa shape index (κ3) is 12.8. The average molecular weight is 1080 g/mol. The molecular weight excluding hydrogens is 1010 g/mol. The molecule has 420 valence electrons. The highest BCUT2D eigenvalue weighted by Crippen LogP contribution is 2.40. The van der Waals surface area contributed by atoms with Gasteiger partial charge in [-0.05, 0) is 13.8 Å². The molecule has 0 aromatic rings. The van der Waals surface area contributed by atoms with E-state index in [1.165, 1.54) is 13.8 Å². The van der Waals surface area contributed by atoms with E-state index in [0.717, 1.165) is 6.92 Å². The molecule has 6 fully saturated rings. The van der Waals surface area contributed by atoms with Gasteiger partial charge in [0.15, 0.2) is 37.7 Å². The van der Waals surface area contributed by atoms with E-state index in [1.807, 2.05) is 0 Å². The number of aliphatic hydroxyl groups is 16. The lowest BCUT2D eigenvalue weighted by Gasteiger charge is -2.53. The van der Waals surface area contributed by atoms with Crippen molar-refractivity contribution in [2.45, 2.75) is 205 Å². The highest BCUT2D eigenvalue weighted by molar-refractivity contribution is 7.80. The first-order valence-electron chi connectivity index (χ1n) is 22.5. The molecular formula is C38H65NO32S. The Balaban J connectivity index is 1.52. The zero-order valence-corrected chi connectivity index (χ0v) is 39.1. The zero-order chi connectivity index (χ0) is 53.4. The SMILES string of the molecule is CC(=O)N[C@@H]1[C@@H](O[C@@H]2O[C@H](CO)[C@H](O[C@@H]3O[C@H](CO)[C@H](O)[C@H](OS(=O)(=O)O)[C@H]3O)[C@H](O[C@@H]3O[C@H](CO)[C@H](O)[C@H](O)[C@H]3O[C@@H]3O[C@@H](C)[C@@H](O)[C@@H](O)[C@@H]3O)[C@H]2O[C@@H]2O[C@@H](C)[C@@H](O)[C@@H](O)[C@@H]2O)[C@@H](O)[C@@H](CO)O[C@@H]1O. The Morgan fingerprint density at radius 2 is 0.833 bits per heavy atom. The second-order valence-corrected chi connectivity index (χ2v) is 19.0. The van der Waals surface area contributed by atoms with Crippen LogP contribution < -0.4 is 5.32 Å².